The normalized spacial score (nSPS) is 10.6. The SMILES string of the molecule is CC(C)c1cc2c(-c3ccc(C(C)(C)C)cc3)cccc2[cH-]1.C[Si]C.Cc1cc2ccccc2[cH-]1.[Cl][Zr+2][Cl]. The molecule has 4 heteroatoms. The Morgan fingerprint density at radius 3 is 1.92 bits per heavy atom. The molecule has 0 saturated carbocycles. The Morgan fingerprint density at radius 2 is 1.37 bits per heavy atom. The predicted octanol–water partition coefficient (Wildman–Crippen LogP) is 11.7. The standard InChI is InChI=1S/C22H25.C10H9.C2H6Si.2ClH.Zr/c1-15(2)18-13-17-7-6-8-20(21(17)14-18)16-9-11-19(12-10-16)22(3,4)5;1-8-6-9-4-2-3-5-10(9)7-8;1-3-2;;;/h6-15H,1-5H3;2-7H,1H3;1-2H3;2*1H;/q2*-1;;;;+4/p-2. The molecule has 0 nitrogen and oxygen atoms in total. The van der Waals surface area contributed by atoms with Gasteiger partial charge in [-0.15, -0.1) is 75.1 Å². The molecule has 5 aromatic rings. The maximum absolute atomic E-state index is 4.93. The Balaban J connectivity index is 0.000000261. The third-order valence-corrected chi connectivity index (χ3v) is 6.26. The van der Waals surface area contributed by atoms with Crippen molar-refractivity contribution in [3.63, 3.8) is 0 Å². The van der Waals surface area contributed by atoms with Crippen molar-refractivity contribution in [3.8, 4) is 11.1 Å². The molecule has 0 N–H and O–H groups in total. The molecule has 198 valence electrons. The van der Waals surface area contributed by atoms with Crippen molar-refractivity contribution >= 4 is 48.1 Å². The predicted molar refractivity (Wildman–Crippen MR) is 171 cm³/mol. The van der Waals surface area contributed by atoms with Gasteiger partial charge in [-0.1, -0.05) is 96.6 Å². The number of hydrogen-bond donors (Lipinski definition) is 0. The number of hydrogen-bond acceptors (Lipinski definition) is 0. The van der Waals surface area contributed by atoms with Gasteiger partial charge in [0.05, 0.1) is 0 Å². The van der Waals surface area contributed by atoms with Crippen LogP contribution in [0.4, 0.5) is 0 Å². The summed E-state index contributed by atoms with van der Waals surface area (Å²) in [6, 6.07) is 33.2. The fraction of sp³-hybridized carbons (Fsp3) is 0.294. The summed E-state index contributed by atoms with van der Waals surface area (Å²) in [5.74, 6) is 0.573. The number of fused-ring (bicyclic) bond motifs is 2. The van der Waals surface area contributed by atoms with Gasteiger partial charge in [0.2, 0.25) is 0 Å². The first-order valence-electron chi connectivity index (χ1n) is 13.0. The van der Waals surface area contributed by atoms with E-state index in [2.05, 4.69) is 146 Å². The molecule has 2 radical (unpaired) electrons. The molecule has 0 aliphatic heterocycles. The van der Waals surface area contributed by atoms with Gasteiger partial charge in [-0.2, -0.15) is 12.1 Å². The van der Waals surface area contributed by atoms with Gasteiger partial charge in [-0.05, 0) is 22.5 Å². The van der Waals surface area contributed by atoms with E-state index in [1.165, 1.54) is 49.4 Å². The van der Waals surface area contributed by atoms with E-state index in [0.717, 1.165) is 9.52 Å². The quantitative estimate of drug-likeness (QED) is 0.133. The van der Waals surface area contributed by atoms with Gasteiger partial charge in [0.15, 0.2) is 0 Å². The molecular weight excluding hydrogens is 599 g/mol. The van der Waals surface area contributed by atoms with Gasteiger partial charge in [0.1, 0.15) is 0 Å². The second kappa shape index (κ2) is 16.0. The molecule has 38 heavy (non-hydrogen) atoms. The monoisotopic (exact) mass is 636 g/mol. The molecule has 0 aliphatic carbocycles. The van der Waals surface area contributed by atoms with Crippen molar-refractivity contribution < 1.29 is 20.8 Å². The van der Waals surface area contributed by atoms with Crippen LogP contribution in [0.5, 0.6) is 0 Å². The third-order valence-electron chi connectivity index (χ3n) is 6.26. The molecule has 0 fully saturated rings. The van der Waals surface area contributed by atoms with Crippen LogP contribution in [-0.2, 0) is 26.3 Å². The first kappa shape index (κ1) is 32.8. The van der Waals surface area contributed by atoms with Crippen molar-refractivity contribution in [2.24, 2.45) is 0 Å². The topological polar surface area (TPSA) is 0 Å². The van der Waals surface area contributed by atoms with Gasteiger partial charge in [0, 0.05) is 9.52 Å². The van der Waals surface area contributed by atoms with Crippen molar-refractivity contribution in [3.05, 3.63) is 108 Å². The molecule has 0 heterocycles. The molecule has 0 bridgehead atoms. The molecule has 0 spiro atoms. The van der Waals surface area contributed by atoms with Crippen LogP contribution < -0.4 is 0 Å². The Morgan fingerprint density at radius 1 is 0.789 bits per heavy atom. The van der Waals surface area contributed by atoms with Crippen molar-refractivity contribution in [1.29, 1.82) is 0 Å². The molecule has 0 atom stereocenters. The third kappa shape index (κ3) is 9.63. The van der Waals surface area contributed by atoms with Crippen molar-refractivity contribution in [2.75, 3.05) is 0 Å². The molecule has 0 aromatic heterocycles. The van der Waals surface area contributed by atoms with E-state index in [1.807, 2.05) is 0 Å². The average molecular weight is 639 g/mol. The van der Waals surface area contributed by atoms with E-state index in [4.69, 9.17) is 17.0 Å². The summed E-state index contributed by atoms with van der Waals surface area (Å²) in [7, 11) is 11.0. The molecule has 5 rings (SSSR count). The van der Waals surface area contributed by atoms with Crippen molar-refractivity contribution in [1.82, 2.24) is 0 Å². The van der Waals surface area contributed by atoms with Crippen molar-refractivity contribution in [2.45, 2.75) is 66.0 Å². The first-order chi connectivity index (χ1) is 18.0. The van der Waals surface area contributed by atoms with E-state index in [-0.39, 0.29) is 5.41 Å². The van der Waals surface area contributed by atoms with Crippen LogP contribution in [0.3, 0.4) is 0 Å². The zero-order valence-electron chi connectivity index (χ0n) is 24.0. The summed E-state index contributed by atoms with van der Waals surface area (Å²) in [6.07, 6.45) is 0. The maximum atomic E-state index is 4.93. The van der Waals surface area contributed by atoms with E-state index in [9.17, 15) is 0 Å². The summed E-state index contributed by atoms with van der Waals surface area (Å²) in [4.78, 5) is 0. The van der Waals surface area contributed by atoms with E-state index >= 15 is 0 Å². The number of aryl methyl sites for hydroxylation is 1. The first-order valence-corrected chi connectivity index (χ1v) is 21.4. The number of benzene rings is 3. The summed E-state index contributed by atoms with van der Waals surface area (Å²) in [6.45, 7) is 17.7. The average Bonchev–Trinajstić information content (AvgIpc) is 3.48. The fourth-order valence-electron chi connectivity index (χ4n) is 4.30. The van der Waals surface area contributed by atoms with Crippen LogP contribution in [0.25, 0.3) is 32.7 Å². The van der Waals surface area contributed by atoms with Crippen LogP contribution in [0.15, 0.2) is 91.0 Å². The fourth-order valence-corrected chi connectivity index (χ4v) is 4.30. The zero-order chi connectivity index (χ0) is 28.3. The number of rotatable bonds is 2. The van der Waals surface area contributed by atoms with Crippen LogP contribution in [0.1, 0.15) is 57.2 Å². The Kier molecular flexibility index (Phi) is 13.8. The minimum atomic E-state index is -0.826. The molecular formula is C34H40Cl2SiZr. The summed E-state index contributed by atoms with van der Waals surface area (Å²) in [5, 5.41) is 5.41. The van der Waals surface area contributed by atoms with Gasteiger partial charge in [-0.25, -0.2) is 0 Å². The molecule has 0 aliphatic rings. The van der Waals surface area contributed by atoms with Gasteiger partial charge < -0.3 is 0 Å². The van der Waals surface area contributed by atoms with E-state index < -0.39 is 20.8 Å². The van der Waals surface area contributed by atoms with Crippen LogP contribution in [0.2, 0.25) is 13.1 Å². The second-order valence-corrected chi connectivity index (χ2v) is 15.5. The Bertz CT molecular complexity index is 1340. The second-order valence-electron chi connectivity index (χ2n) is 10.8. The molecule has 5 aromatic carbocycles. The van der Waals surface area contributed by atoms with E-state index in [0.29, 0.717) is 5.92 Å². The van der Waals surface area contributed by atoms with Crippen LogP contribution in [0, 0.1) is 6.92 Å². The van der Waals surface area contributed by atoms with E-state index in [1.54, 1.807) is 0 Å². The Hall–Kier alpha value is -1.44. The number of halogens is 2. The Labute approximate surface area is 252 Å². The van der Waals surface area contributed by atoms with Gasteiger partial charge in [0.25, 0.3) is 0 Å². The summed E-state index contributed by atoms with van der Waals surface area (Å²) >= 11 is -0.826. The van der Waals surface area contributed by atoms with Gasteiger partial charge >= 0.3 is 37.9 Å². The minimum absolute atomic E-state index is 0.204. The molecule has 0 unspecified atom stereocenters. The van der Waals surface area contributed by atoms with Gasteiger partial charge in [-0.3, -0.25) is 0 Å². The molecule has 0 amide bonds. The summed E-state index contributed by atoms with van der Waals surface area (Å²) in [5.41, 5.74) is 7.00. The zero-order valence-corrected chi connectivity index (χ0v) is 29.0. The van der Waals surface area contributed by atoms with Crippen LogP contribution >= 0.6 is 17.0 Å². The summed E-state index contributed by atoms with van der Waals surface area (Å²) < 4.78 is 0. The van der Waals surface area contributed by atoms with Crippen LogP contribution in [-0.4, -0.2) is 9.52 Å². The molecule has 0 saturated heterocycles.